The standard InChI is InChI=1S/C16H23N5O/c1-17-16-18-11-13-6-10-21(12-14(13)19-16)15(22)5-4-9-20-7-2-3-8-20/h4-5,11H,2-3,6-10,12H2,1H3,(H,17,18,19). The molecule has 3 rings (SSSR count). The lowest BCUT2D eigenvalue weighted by Gasteiger charge is -2.27. The summed E-state index contributed by atoms with van der Waals surface area (Å²) in [5.74, 6) is 0.687. The molecule has 0 radical (unpaired) electrons. The first-order chi connectivity index (χ1) is 10.8. The molecule has 0 spiro atoms. The van der Waals surface area contributed by atoms with E-state index in [1.165, 1.54) is 12.8 Å². The number of carbonyl (C=O) groups is 1. The van der Waals surface area contributed by atoms with Crippen LogP contribution in [0.2, 0.25) is 0 Å². The lowest BCUT2D eigenvalue weighted by atomic mass is 10.1. The first-order valence-electron chi connectivity index (χ1n) is 7.96. The van der Waals surface area contributed by atoms with E-state index in [4.69, 9.17) is 0 Å². The van der Waals surface area contributed by atoms with Crippen molar-refractivity contribution in [3.63, 3.8) is 0 Å². The average Bonchev–Trinajstić information content (AvgIpc) is 3.07. The van der Waals surface area contributed by atoms with Gasteiger partial charge in [-0.2, -0.15) is 0 Å². The third-order valence-electron chi connectivity index (χ3n) is 4.30. The summed E-state index contributed by atoms with van der Waals surface area (Å²) in [7, 11) is 1.80. The molecule has 1 fully saturated rings. The van der Waals surface area contributed by atoms with Gasteiger partial charge >= 0.3 is 0 Å². The monoisotopic (exact) mass is 301 g/mol. The number of hydrogen-bond donors (Lipinski definition) is 1. The maximum atomic E-state index is 12.3. The van der Waals surface area contributed by atoms with E-state index < -0.39 is 0 Å². The fraction of sp³-hybridized carbons (Fsp3) is 0.562. The first-order valence-corrected chi connectivity index (χ1v) is 7.96. The summed E-state index contributed by atoms with van der Waals surface area (Å²) in [5.41, 5.74) is 2.09. The van der Waals surface area contributed by atoms with Gasteiger partial charge in [-0.3, -0.25) is 9.69 Å². The molecular formula is C16H23N5O. The van der Waals surface area contributed by atoms with Gasteiger partial charge in [0.2, 0.25) is 11.9 Å². The molecule has 1 saturated heterocycles. The van der Waals surface area contributed by atoms with Crippen LogP contribution in [0.1, 0.15) is 24.1 Å². The van der Waals surface area contributed by atoms with Gasteiger partial charge in [-0.15, -0.1) is 0 Å². The molecule has 1 aromatic heterocycles. The van der Waals surface area contributed by atoms with Crippen molar-refractivity contribution < 1.29 is 4.79 Å². The van der Waals surface area contributed by atoms with Crippen molar-refractivity contribution in [3.05, 3.63) is 29.6 Å². The minimum Gasteiger partial charge on any atom is -0.357 e. The van der Waals surface area contributed by atoms with Crippen LogP contribution in [0.5, 0.6) is 0 Å². The summed E-state index contributed by atoms with van der Waals surface area (Å²) in [4.78, 5) is 25.2. The second-order valence-electron chi connectivity index (χ2n) is 5.84. The molecule has 0 unspecified atom stereocenters. The van der Waals surface area contributed by atoms with Crippen molar-refractivity contribution in [3.8, 4) is 0 Å². The Labute approximate surface area is 131 Å². The van der Waals surface area contributed by atoms with Crippen molar-refractivity contribution in [2.45, 2.75) is 25.8 Å². The molecule has 118 valence electrons. The Morgan fingerprint density at radius 3 is 2.95 bits per heavy atom. The van der Waals surface area contributed by atoms with E-state index in [9.17, 15) is 4.79 Å². The zero-order chi connectivity index (χ0) is 15.4. The van der Waals surface area contributed by atoms with Gasteiger partial charge < -0.3 is 10.2 Å². The molecule has 22 heavy (non-hydrogen) atoms. The first kappa shape index (κ1) is 15.0. The van der Waals surface area contributed by atoms with Crippen LogP contribution in [0.25, 0.3) is 0 Å². The highest BCUT2D eigenvalue weighted by molar-refractivity contribution is 5.87. The highest BCUT2D eigenvalue weighted by Gasteiger charge is 2.21. The van der Waals surface area contributed by atoms with Crippen LogP contribution in [0.4, 0.5) is 5.95 Å². The smallest absolute Gasteiger partial charge is 0.246 e. The highest BCUT2D eigenvalue weighted by Crippen LogP contribution is 2.17. The number of hydrogen-bond acceptors (Lipinski definition) is 5. The zero-order valence-corrected chi connectivity index (χ0v) is 13.1. The van der Waals surface area contributed by atoms with Gasteiger partial charge in [-0.05, 0) is 37.9 Å². The van der Waals surface area contributed by atoms with E-state index in [1.807, 2.05) is 17.2 Å². The SMILES string of the molecule is CNc1ncc2c(n1)CN(C(=O)C=CCN1CCCC1)CC2. The quantitative estimate of drug-likeness (QED) is 0.843. The average molecular weight is 301 g/mol. The summed E-state index contributed by atoms with van der Waals surface area (Å²) in [6, 6.07) is 0. The third-order valence-corrected chi connectivity index (χ3v) is 4.30. The van der Waals surface area contributed by atoms with Crippen LogP contribution in [0, 0.1) is 0 Å². The number of likely N-dealkylation sites (tertiary alicyclic amines) is 1. The van der Waals surface area contributed by atoms with Crippen molar-refractivity contribution in [2.75, 3.05) is 38.5 Å². The fourth-order valence-corrected chi connectivity index (χ4v) is 2.98. The predicted octanol–water partition coefficient (Wildman–Crippen LogP) is 1.05. The van der Waals surface area contributed by atoms with Crippen LogP contribution in [-0.2, 0) is 17.8 Å². The van der Waals surface area contributed by atoms with Gasteiger partial charge in [0.05, 0.1) is 12.2 Å². The van der Waals surface area contributed by atoms with E-state index in [1.54, 1.807) is 13.1 Å². The summed E-state index contributed by atoms with van der Waals surface area (Å²) < 4.78 is 0. The van der Waals surface area contributed by atoms with Crippen LogP contribution in [0.15, 0.2) is 18.3 Å². The fourth-order valence-electron chi connectivity index (χ4n) is 2.98. The number of carbonyl (C=O) groups excluding carboxylic acids is 1. The third kappa shape index (κ3) is 3.44. The van der Waals surface area contributed by atoms with Gasteiger partial charge in [0.15, 0.2) is 0 Å². The second kappa shape index (κ2) is 6.87. The summed E-state index contributed by atoms with van der Waals surface area (Å²) >= 11 is 0. The van der Waals surface area contributed by atoms with Crippen LogP contribution >= 0.6 is 0 Å². The summed E-state index contributed by atoms with van der Waals surface area (Å²) in [6.07, 6.45) is 8.94. The Bertz CT molecular complexity index is 566. The van der Waals surface area contributed by atoms with Gasteiger partial charge in [-0.25, -0.2) is 9.97 Å². The van der Waals surface area contributed by atoms with Crippen molar-refractivity contribution in [1.82, 2.24) is 19.8 Å². The van der Waals surface area contributed by atoms with E-state index in [-0.39, 0.29) is 5.91 Å². The minimum atomic E-state index is 0.0782. The molecule has 1 amide bonds. The lowest BCUT2D eigenvalue weighted by molar-refractivity contribution is -0.127. The van der Waals surface area contributed by atoms with E-state index in [2.05, 4.69) is 20.2 Å². The van der Waals surface area contributed by atoms with Crippen LogP contribution in [0.3, 0.4) is 0 Å². The number of nitrogens with one attached hydrogen (secondary N) is 1. The van der Waals surface area contributed by atoms with Gasteiger partial charge in [0.25, 0.3) is 0 Å². The van der Waals surface area contributed by atoms with E-state index in [0.29, 0.717) is 12.5 Å². The molecular weight excluding hydrogens is 278 g/mol. The van der Waals surface area contributed by atoms with E-state index >= 15 is 0 Å². The van der Waals surface area contributed by atoms with Gasteiger partial charge in [0, 0.05) is 32.4 Å². The molecule has 0 bridgehead atoms. The molecule has 1 N–H and O–H groups in total. The highest BCUT2D eigenvalue weighted by atomic mass is 16.2. The molecule has 6 nitrogen and oxygen atoms in total. The number of fused-ring (bicyclic) bond motifs is 1. The van der Waals surface area contributed by atoms with Crippen molar-refractivity contribution in [2.24, 2.45) is 0 Å². The molecule has 0 aromatic carbocycles. The van der Waals surface area contributed by atoms with E-state index in [0.717, 1.165) is 43.9 Å². The molecule has 0 atom stereocenters. The summed E-state index contributed by atoms with van der Waals surface area (Å²) in [5, 5.41) is 2.94. The molecule has 0 saturated carbocycles. The van der Waals surface area contributed by atoms with Crippen LogP contribution in [-0.4, -0.2) is 58.9 Å². The molecule has 2 aliphatic heterocycles. The zero-order valence-electron chi connectivity index (χ0n) is 13.1. The Morgan fingerprint density at radius 1 is 1.36 bits per heavy atom. The maximum absolute atomic E-state index is 12.3. The molecule has 2 aliphatic rings. The van der Waals surface area contributed by atoms with Crippen molar-refractivity contribution >= 4 is 11.9 Å². The minimum absolute atomic E-state index is 0.0782. The number of amides is 1. The number of rotatable bonds is 4. The van der Waals surface area contributed by atoms with Gasteiger partial charge in [-0.1, -0.05) is 6.08 Å². The molecule has 1 aromatic rings. The molecule has 3 heterocycles. The lowest BCUT2D eigenvalue weighted by Crippen LogP contribution is -2.35. The number of anilines is 1. The Kier molecular flexibility index (Phi) is 4.68. The Hall–Kier alpha value is -1.95. The molecule has 6 heteroatoms. The van der Waals surface area contributed by atoms with Crippen molar-refractivity contribution in [1.29, 1.82) is 0 Å². The maximum Gasteiger partial charge on any atom is 0.246 e. The summed E-state index contributed by atoms with van der Waals surface area (Å²) in [6.45, 7) is 4.49. The number of aromatic nitrogens is 2. The second-order valence-corrected chi connectivity index (χ2v) is 5.84. The normalized spacial score (nSPS) is 18.7. The predicted molar refractivity (Wildman–Crippen MR) is 85.5 cm³/mol. The molecule has 0 aliphatic carbocycles. The van der Waals surface area contributed by atoms with Crippen LogP contribution < -0.4 is 5.32 Å². The Balaban J connectivity index is 1.58. The largest absolute Gasteiger partial charge is 0.357 e. The van der Waals surface area contributed by atoms with Gasteiger partial charge in [0.1, 0.15) is 0 Å². The topological polar surface area (TPSA) is 61.4 Å². The number of nitrogens with zero attached hydrogens (tertiary/aromatic N) is 4. The Morgan fingerprint density at radius 2 is 2.18 bits per heavy atom.